The van der Waals surface area contributed by atoms with Crippen LogP contribution in [0.1, 0.15) is 0 Å². The molecule has 0 aliphatic heterocycles. The van der Waals surface area contributed by atoms with Crippen molar-refractivity contribution >= 4 is 28.9 Å². The van der Waals surface area contributed by atoms with Gasteiger partial charge in [-0.3, -0.25) is 0 Å². The maximum atomic E-state index is 13.6. The molecule has 0 aliphatic rings. The van der Waals surface area contributed by atoms with E-state index in [1.165, 1.54) is 16.8 Å². The van der Waals surface area contributed by atoms with Crippen molar-refractivity contribution in [2.75, 3.05) is 5.73 Å². The number of hydrogen-bond acceptors (Lipinski definition) is 4. The number of halogens is 3. The third-order valence-corrected chi connectivity index (χ3v) is 3.48. The van der Waals surface area contributed by atoms with Gasteiger partial charge in [0.25, 0.3) is 0 Å². The average molecular weight is 324 g/mol. The van der Waals surface area contributed by atoms with E-state index in [0.29, 0.717) is 27.8 Å². The highest BCUT2D eigenvalue weighted by molar-refractivity contribution is 6.33. The van der Waals surface area contributed by atoms with E-state index in [-0.39, 0.29) is 5.02 Å². The van der Waals surface area contributed by atoms with Crippen LogP contribution in [0.4, 0.5) is 10.1 Å². The maximum absolute atomic E-state index is 13.6. The Morgan fingerprint density at radius 1 is 1.05 bits per heavy atom. The minimum absolute atomic E-state index is 0.0235. The van der Waals surface area contributed by atoms with E-state index in [0.717, 1.165) is 0 Å². The number of rotatable bonds is 2. The molecule has 0 saturated carbocycles. The van der Waals surface area contributed by atoms with Gasteiger partial charge in [-0.2, -0.15) is 4.68 Å². The molecule has 106 valence electrons. The van der Waals surface area contributed by atoms with Gasteiger partial charge in [0.1, 0.15) is 5.82 Å². The fourth-order valence-electron chi connectivity index (χ4n) is 1.86. The summed E-state index contributed by atoms with van der Waals surface area (Å²) >= 11 is 11.8. The molecule has 0 fully saturated rings. The van der Waals surface area contributed by atoms with Crippen molar-refractivity contribution in [2.24, 2.45) is 0 Å². The van der Waals surface area contributed by atoms with Gasteiger partial charge in [-0.1, -0.05) is 23.2 Å². The molecule has 1 heterocycles. The summed E-state index contributed by atoms with van der Waals surface area (Å²) in [6.07, 6.45) is 0. The number of hydrogen-bond donors (Lipinski definition) is 1. The molecule has 0 aliphatic carbocycles. The highest BCUT2D eigenvalue weighted by Crippen LogP contribution is 2.29. The summed E-state index contributed by atoms with van der Waals surface area (Å²) < 4.78 is 14.9. The molecular weight excluding hydrogens is 316 g/mol. The SMILES string of the molecule is Nc1ccc(Cl)c(-c2nnnn2-c2ccc(Cl)c(F)c2)c1. The van der Waals surface area contributed by atoms with E-state index < -0.39 is 5.82 Å². The van der Waals surface area contributed by atoms with Gasteiger partial charge < -0.3 is 5.73 Å². The Hall–Kier alpha value is -2.18. The van der Waals surface area contributed by atoms with Gasteiger partial charge in [-0.25, -0.2) is 4.39 Å². The zero-order valence-corrected chi connectivity index (χ0v) is 12.0. The lowest BCUT2D eigenvalue weighted by Gasteiger charge is -2.07. The monoisotopic (exact) mass is 323 g/mol. The van der Waals surface area contributed by atoms with Crippen LogP contribution in [-0.2, 0) is 0 Å². The van der Waals surface area contributed by atoms with Crippen LogP contribution < -0.4 is 5.73 Å². The normalized spacial score (nSPS) is 10.8. The first-order valence-electron chi connectivity index (χ1n) is 5.85. The molecule has 1 aromatic heterocycles. The number of tetrazole rings is 1. The third-order valence-electron chi connectivity index (χ3n) is 2.85. The predicted octanol–water partition coefficient (Wildman–Crippen LogP) is 3.36. The quantitative estimate of drug-likeness (QED) is 0.734. The summed E-state index contributed by atoms with van der Waals surface area (Å²) in [5.74, 6) is -0.205. The fourth-order valence-corrected chi connectivity index (χ4v) is 2.18. The Bertz CT molecular complexity index is 818. The third kappa shape index (κ3) is 2.55. The molecule has 0 bridgehead atoms. The molecule has 0 radical (unpaired) electrons. The van der Waals surface area contributed by atoms with Crippen molar-refractivity contribution < 1.29 is 4.39 Å². The van der Waals surface area contributed by atoms with Crippen molar-refractivity contribution in [1.29, 1.82) is 0 Å². The Kier molecular flexibility index (Phi) is 3.48. The van der Waals surface area contributed by atoms with Crippen LogP contribution in [0, 0.1) is 5.82 Å². The van der Waals surface area contributed by atoms with Crippen LogP contribution >= 0.6 is 23.2 Å². The zero-order chi connectivity index (χ0) is 15.0. The van der Waals surface area contributed by atoms with Crippen LogP contribution in [0.2, 0.25) is 10.0 Å². The van der Waals surface area contributed by atoms with Gasteiger partial charge in [0, 0.05) is 17.3 Å². The van der Waals surface area contributed by atoms with E-state index >= 15 is 0 Å². The minimum atomic E-state index is -0.561. The lowest BCUT2D eigenvalue weighted by molar-refractivity contribution is 0.625. The maximum Gasteiger partial charge on any atom is 0.188 e. The van der Waals surface area contributed by atoms with E-state index in [4.69, 9.17) is 28.9 Å². The Morgan fingerprint density at radius 2 is 1.81 bits per heavy atom. The first-order chi connectivity index (χ1) is 10.1. The second kappa shape index (κ2) is 5.31. The standard InChI is InChI=1S/C13H8Cl2FN5/c14-10-3-1-7(17)5-9(10)13-18-19-20-21(13)8-2-4-11(15)12(16)6-8/h1-6H,17H2. The number of nitrogen functional groups attached to an aromatic ring is 1. The van der Waals surface area contributed by atoms with E-state index in [2.05, 4.69) is 15.5 Å². The Labute approximate surface area is 129 Å². The number of aromatic nitrogens is 4. The fraction of sp³-hybridized carbons (Fsp3) is 0. The van der Waals surface area contributed by atoms with Crippen molar-refractivity contribution in [2.45, 2.75) is 0 Å². The lowest BCUT2D eigenvalue weighted by atomic mass is 10.2. The first-order valence-corrected chi connectivity index (χ1v) is 6.61. The van der Waals surface area contributed by atoms with Crippen molar-refractivity contribution in [3.05, 3.63) is 52.3 Å². The number of benzene rings is 2. The molecule has 8 heteroatoms. The number of anilines is 1. The average Bonchev–Trinajstić information content (AvgIpc) is 2.93. The summed E-state index contributed by atoms with van der Waals surface area (Å²) in [5, 5.41) is 11.8. The molecule has 3 rings (SSSR count). The molecule has 0 atom stereocenters. The molecule has 0 amide bonds. The van der Waals surface area contributed by atoms with Crippen LogP contribution in [0.15, 0.2) is 36.4 Å². The van der Waals surface area contributed by atoms with Gasteiger partial charge in [-0.15, -0.1) is 5.10 Å². The number of nitrogens with zero attached hydrogens (tertiary/aromatic N) is 4. The smallest absolute Gasteiger partial charge is 0.188 e. The molecule has 0 saturated heterocycles. The molecule has 2 aromatic carbocycles. The molecular formula is C13H8Cl2FN5. The second-order valence-corrected chi connectivity index (χ2v) is 5.07. The van der Waals surface area contributed by atoms with Crippen LogP contribution in [0.25, 0.3) is 17.1 Å². The highest BCUT2D eigenvalue weighted by atomic mass is 35.5. The molecule has 0 spiro atoms. The van der Waals surface area contributed by atoms with Gasteiger partial charge in [0.2, 0.25) is 0 Å². The molecule has 21 heavy (non-hydrogen) atoms. The van der Waals surface area contributed by atoms with Gasteiger partial charge in [0.15, 0.2) is 5.82 Å². The topological polar surface area (TPSA) is 69.6 Å². The molecule has 3 aromatic rings. The summed E-state index contributed by atoms with van der Waals surface area (Å²) in [4.78, 5) is 0. The molecule has 5 nitrogen and oxygen atoms in total. The van der Waals surface area contributed by atoms with Crippen molar-refractivity contribution in [3.63, 3.8) is 0 Å². The van der Waals surface area contributed by atoms with Crippen LogP contribution in [0.5, 0.6) is 0 Å². The summed E-state index contributed by atoms with van der Waals surface area (Å²) in [6.45, 7) is 0. The van der Waals surface area contributed by atoms with Gasteiger partial charge in [-0.05, 0) is 40.8 Å². The van der Waals surface area contributed by atoms with Crippen LogP contribution in [-0.4, -0.2) is 20.2 Å². The first kappa shape index (κ1) is 13.8. The lowest BCUT2D eigenvalue weighted by Crippen LogP contribution is -2.01. The minimum Gasteiger partial charge on any atom is -0.399 e. The predicted molar refractivity (Wildman–Crippen MR) is 79.0 cm³/mol. The summed E-state index contributed by atoms with van der Waals surface area (Å²) in [6, 6.07) is 9.24. The van der Waals surface area contributed by atoms with Crippen molar-refractivity contribution in [3.8, 4) is 17.1 Å². The largest absolute Gasteiger partial charge is 0.399 e. The second-order valence-electron chi connectivity index (χ2n) is 4.25. The molecule has 2 N–H and O–H groups in total. The number of nitrogens with two attached hydrogens (primary N) is 1. The van der Waals surface area contributed by atoms with E-state index in [1.807, 2.05) is 0 Å². The molecule has 0 unspecified atom stereocenters. The summed E-state index contributed by atoms with van der Waals surface area (Å²) in [7, 11) is 0. The van der Waals surface area contributed by atoms with Crippen LogP contribution in [0.3, 0.4) is 0 Å². The summed E-state index contributed by atoms with van der Waals surface area (Å²) in [5.41, 5.74) is 7.25. The van der Waals surface area contributed by atoms with Gasteiger partial charge >= 0.3 is 0 Å². The highest BCUT2D eigenvalue weighted by Gasteiger charge is 2.15. The van der Waals surface area contributed by atoms with E-state index in [9.17, 15) is 4.39 Å². The van der Waals surface area contributed by atoms with E-state index in [1.54, 1.807) is 24.3 Å². The zero-order valence-electron chi connectivity index (χ0n) is 10.5. The Morgan fingerprint density at radius 3 is 2.57 bits per heavy atom. The Balaban J connectivity index is 2.17. The van der Waals surface area contributed by atoms with Crippen molar-refractivity contribution in [1.82, 2.24) is 20.2 Å². The van der Waals surface area contributed by atoms with Gasteiger partial charge in [0.05, 0.1) is 15.7 Å².